The molecular weight excluding hydrogens is 412 g/mol. The molecule has 2 amide bonds. The molecule has 2 aliphatic heterocycles. The summed E-state index contributed by atoms with van der Waals surface area (Å²) in [6.45, 7) is 3.10. The Bertz CT molecular complexity index is 917. The predicted molar refractivity (Wildman–Crippen MR) is 127 cm³/mol. The van der Waals surface area contributed by atoms with Crippen molar-refractivity contribution in [2.75, 3.05) is 26.2 Å². The lowest BCUT2D eigenvalue weighted by Crippen LogP contribution is -2.43. The summed E-state index contributed by atoms with van der Waals surface area (Å²) >= 11 is 0. The van der Waals surface area contributed by atoms with Crippen LogP contribution in [0.4, 0.5) is 0 Å². The zero-order valence-electron chi connectivity index (χ0n) is 19.0. The predicted octanol–water partition coefficient (Wildman–Crippen LogP) is 4.21. The molecule has 5 nitrogen and oxygen atoms in total. The first kappa shape index (κ1) is 22.1. The molecule has 0 saturated carbocycles. The van der Waals surface area contributed by atoms with Crippen molar-refractivity contribution in [2.45, 2.75) is 37.9 Å². The third-order valence-corrected chi connectivity index (χ3v) is 7.31. The molecule has 2 fully saturated rings. The Balaban J connectivity index is 1.15. The van der Waals surface area contributed by atoms with E-state index in [4.69, 9.17) is 4.74 Å². The molecule has 5 heteroatoms. The smallest absolute Gasteiger partial charge is 0.233 e. The molecule has 0 aromatic heterocycles. The number of allylic oxidation sites excluding steroid dienone is 2. The molecular formula is C28H32N2O3. The molecule has 33 heavy (non-hydrogen) atoms. The van der Waals surface area contributed by atoms with Crippen molar-refractivity contribution < 1.29 is 14.3 Å². The summed E-state index contributed by atoms with van der Waals surface area (Å²) in [5.41, 5.74) is 2.35. The van der Waals surface area contributed by atoms with Gasteiger partial charge in [0.15, 0.2) is 0 Å². The number of carbonyl (C=O) groups is 2. The van der Waals surface area contributed by atoms with Crippen LogP contribution < -0.4 is 0 Å². The lowest BCUT2D eigenvalue weighted by Gasteiger charge is -2.34. The summed E-state index contributed by atoms with van der Waals surface area (Å²) in [5, 5.41) is 0. The van der Waals surface area contributed by atoms with Crippen molar-refractivity contribution >= 4 is 11.8 Å². The summed E-state index contributed by atoms with van der Waals surface area (Å²) in [6.07, 6.45) is 7.52. The number of amides is 2. The summed E-state index contributed by atoms with van der Waals surface area (Å²) in [7, 11) is 0. The molecule has 0 bridgehead atoms. The van der Waals surface area contributed by atoms with Gasteiger partial charge in [-0.15, -0.1) is 0 Å². The Morgan fingerprint density at radius 2 is 1.27 bits per heavy atom. The van der Waals surface area contributed by atoms with Gasteiger partial charge in [-0.1, -0.05) is 72.8 Å². The maximum absolute atomic E-state index is 12.7. The van der Waals surface area contributed by atoms with Gasteiger partial charge >= 0.3 is 0 Å². The fourth-order valence-corrected chi connectivity index (χ4v) is 5.40. The minimum atomic E-state index is -0.130. The molecule has 2 heterocycles. The van der Waals surface area contributed by atoms with E-state index >= 15 is 0 Å². The average Bonchev–Trinajstić information content (AvgIpc) is 3.12. The molecule has 172 valence electrons. The van der Waals surface area contributed by atoms with Gasteiger partial charge in [0.25, 0.3) is 0 Å². The molecule has 1 aliphatic carbocycles. The van der Waals surface area contributed by atoms with E-state index in [9.17, 15) is 9.59 Å². The Morgan fingerprint density at radius 3 is 1.79 bits per heavy atom. The van der Waals surface area contributed by atoms with Gasteiger partial charge in [0, 0.05) is 26.2 Å². The van der Waals surface area contributed by atoms with Gasteiger partial charge in [-0.05, 0) is 36.8 Å². The van der Waals surface area contributed by atoms with Crippen LogP contribution in [0.1, 0.15) is 42.9 Å². The minimum absolute atomic E-state index is 0.0288. The van der Waals surface area contributed by atoms with Crippen LogP contribution in [0.15, 0.2) is 72.8 Å². The normalized spacial score (nSPS) is 24.0. The molecule has 0 spiro atoms. The second kappa shape index (κ2) is 10.0. The van der Waals surface area contributed by atoms with E-state index in [0.717, 1.165) is 32.5 Å². The molecule has 3 aliphatic rings. The van der Waals surface area contributed by atoms with Gasteiger partial charge in [-0.3, -0.25) is 14.5 Å². The quantitative estimate of drug-likeness (QED) is 0.474. The minimum Gasteiger partial charge on any atom is -0.365 e. The number of likely N-dealkylation sites (tertiary alicyclic amines) is 2. The van der Waals surface area contributed by atoms with Gasteiger partial charge in [-0.2, -0.15) is 0 Å². The van der Waals surface area contributed by atoms with Crippen molar-refractivity contribution in [3.8, 4) is 0 Å². The Kier molecular flexibility index (Phi) is 6.70. The standard InChI is InChI=1S/C28H32N2O3/c31-27-24-13-7-8-14-25(24)28(32)30(27)20-19-29-17-15-23(16-18-29)33-26(21-9-3-1-4-10-21)22-11-5-2-6-12-22/h1-12,23-26H,13-20H2. The van der Waals surface area contributed by atoms with Gasteiger partial charge in [0.05, 0.1) is 17.9 Å². The second-order valence-corrected chi connectivity index (χ2v) is 9.36. The number of imide groups is 1. The topological polar surface area (TPSA) is 49.9 Å². The molecule has 2 aromatic rings. The largest absolute Gasteiger partial charge is 0.365 e. The van der Waals surface area contributed by atoms with E-state index in [1.807, 2.05) is 24.3 Å². The van der Waals surface area contributed by atoms with Gasteiger partial charge < -0.3 is 9.64 Å². The van der Waals surface area contributed by atoms with Crippen molar-refractivity contribution in [1.29, 1.82) is 0 Å². The van der Waals surface area contributed by atoms with E-state index in [0.29, 0.717) is 19.4 Å². The van der Waals surface area contributed by atoms with E-state index in [1.165, 1.54) is 16.0 Å². The highest BCUT2D eigenvalue weighted by molar-refractivity contribution is 6.05. The van der Waals surface area contributed by atoms with E-state index in [-0.39, 0.29) is 35.9 Å². The Morgan fingerprint density at radius 1 is 0.758 bits per heavy atom. The third kappa shape index (κ3) is 4.80. The summed E-state index contributed by atoms with van der Waals surface area (Å²) in [6, 6.07) is 20.8. The molecule has 2 atom stereocenters. The number of ether oxygens (including phenoxy) is 1. The SMILES string of the molecule is O=C1C2CC=CCC2C(=O)N1CCN1CCC(OC(c2ccccc2)c2ccccc2)CC1. The number of carbonyl (C=O) groups excluding carboxylic acids is 2. The summed E-state index contributed by atoms with van der Waals surface area (Å²) in [4.78, 5) is 29.3. The lowest BCUT2D eigenvalue weighted by molar-refractivity contribution is -0.140. The first-order valence-electron chi connectivity index (χ1n) is 12.2. The summed E-state index contributed by atoms with van der Waals surface area (Å²) < 4.78 is 6.64. The van der Waals surface area contributed by atoms with Gasteiger partial charge in [-0.25, -0.2) is 0 Å². The van der Waals surface area contributed by atoms with Crippen LogP contribution in [0.25, 0.3) is 0 Å². The molecule has 0 radical (unpaired) electrons. The zero-order chi connectivity index (χ0) is 22.6. The number of rotatable bonds is 7. The van der Waals surface area contributed by atoms with Crippen molar-refractivity contribution in [3.63, 3.8) is 0 Å². The number of fused-ring (bicyclic) bond motifs is 1. The van der Waals surface area contributed by atoms with Crippen LogP contribution in [0, 0.1) is 11.8 Å². The summed E-state index contributed by atoms with van der Waals surface area (Å²) in [5.74, 6) is -0.202. The second-order valence-electron chi connectivity index (χ2n) is 9.36. The number of piperidine rings is 1. The average molecular weight is 445 g/mol. The maximum Gasteiger partial charge on any atom is 0.233 e. The highest BCUT2D eigenvalue weighted by Gasteiger charge is 2.46. The first-order chi connectivity index (χ1) is 16.2. The van der Waals surface area contributed by atoms with Crippen LogP contribution in [0.3, 0.4) is 0 Å². The van der Waals surface area contributed by atoms with Crippen LogP contribution in [0.5, 0.6) is 0 Å². The molecule has 5 rings (SSSR count). The van der Waals surface area contributed by atoms with Gasteiger partial charge in [0.2, 0.25) is 11.8 Å². The van der Waals surface area contributed by atoms with Crippen molar-refractivity contribution in [2.24, 2.45) is 11.8 Å². The molecule has 2 saturated heterocycles. The number of hydrogen-bond donors (Lipinski definition) is 0. The number of nitrogens with zero attached hydrogens (tertiary/aromatic N) is 2. The fourth-order valence-electron chi connectivity index (χ4n) is 5.40. The van der Waals surface area contributed by atoms with E-state index in [1.54, 1.807) is 0 Å². The van der Waals surface area contributed by atoms with Crippen LogP contribution in [-0.2, 0) is 14.3 Å². The maximum atomic E-state index is 12.7. The van der Waals surface area contributed by atoms with Crippen LogP contribution in [0.2, 0.25) is 0 Å². The zero-order valence-corrected chi connectivity index (χ0v) is 19.0. The highest BCUT2D eigenvalue weighted by Crippen LogP contribution is 2.35. The number of benzene rings is 2. The van der Waals surface area contributed by atoms with Crippen LogP contribution in [-0.4, -0.2) is 53.9 Å². The highest BCUT2D eigenvalue weighted by atomic mass is 16.5. The fraction of sp³-hybridized carbons (Fsp3) is 0.429. The van der Waals surface area contributed by atoms with Crippen molar-refractivity contribution in [3.05, 3.63) is 83.9 Å². The van der Waals surface area contributed by atoms with Gasteiger partial charge in [0.1, 0.15) is 6.10 Å². The van der Waals surface area contributed by atoms with E-state index < -0.39 is 0 Å². The molecule has 2 unspecified atom stereocenters. The Hall–Kier alpha value is -2.76. The Labute approximate surface area is 196 Å². The van der Waals surface area contributed by atoms with Crippen LogP contribution >= 0.6 is 0 Å². The number of hydrogen-bond acceptors (Lipinski definition) is 4. The lowest BCUT2D eigenvalue weighted by atomic mass is 9.85. The van der Waals surface area contributed by atoms with E-state index in [2.05, 4.69) is 53.4 Å². The van der Waals surface area contributed by atoms with Crippen molar-refractivity contribution in [1.82, 2.24) is 9.80 Å². The molecule has 0 N–H and O–H groups in total. The first-order valence-corrected chi connectivity index (χ1v) is 12.2. The molecule has 2 aromatic carbocycles. The monoisotopic (exact) mass is 444 g/mol. The third-order valence-electron chi connectivity index (χ3n) is 7.31.